The molecule has 0 fully saturated rings. The number of hydrogen-bond donors (Lipinski definition) is 1. The fourth-order valence-electron chi connectivity index (χ4n) is 1.71. The van der Waals surface area contributed by atoms with Crippen LogP contribution in [0.15, 0.2) is 41.1 Å². The number of aromatic nitrogens is 1. The Kier molecular flexibility index (Phi) is 4.32. The average Bonchev–Trinajstić information content (AvgIpc) is 2.37. The second-order valence-corrected chi connectivity index (χ2v) is 5.25. The zero-order valence-electron chi connectivity index (χ0n) is 10.8. The average molecular weight is 359 g/mol. The minimum atomic E-state index is -4.53. The number of rotatable bonds is 2. The molecule has 1 N–H and O–H groups in total. The summed E-state index contributed by atoms with van der Waals surface area (Å²) in [4.78, 5) is 15.9. The van der Waals surface area contributed by atoms with E-state index in [1.165, 1.54) is 18.3 Å². The largest absolute Gasteiger partial charge is 0.417 e. The second kappa shape index (κ2) is 5.85. The molecule has 0 saturated heterocycles. The van der Waals surface area contributed by atoms with Gasteiger partial charge in [-0.15, -0.1) is 0 Å². The summed E-state index contributed by atoms with van der Waals surface area (Å²) in [7, 11) is 0. The lowest BCUT2D eigenvalue weighted by Gasteiger charge is -2.11. The molecule has 0 spiro atoms. The van der Waals surface area contributed by atoms with Crippen LogP contribution < -0.4 is 5.32 Å². The standard InChI is InChI=1S/C14H10BrF3N2O/c1-8-4-10(7-19-6-8)20-13(21)9-2-3-12(15)11(5-9)14(16,17)18/h2-7H,1H3,(H,20,21). The molecule has 110 valence electrons. The number of aryl methyl sites for hydroxylation is 1. The molecule has 0 radical (unpaired) electrons. The normalized spacial score (nSPS) is 11.3. The van der Waals surface area contributed by atoms with Crippen LogP contribution in [0.2, 0.25) is 0 Å². The van der Waals surface area contributed by atoms with Crippen LogP contribution in [0.5, 0.6) is 0 Å². The highest BCUT2D eigenvalue weighted by Gasteiger charge is 2.33. The summed E-state index contributed by atoms with van der Waals surface area (Å²) in [5, 5.41) is 2.51. The van der Waals surface area contributed by atoms with Gasteiger partial charge in [0, 0.05) is 16.2 Å². The topological polar surface area (TPSA) is 42.0 Å². The van der Waals surface area contributed by atoms with Crippen molar-refractivity contribution in [2.24, 2.45) is 0 Å². The lowest BCUT2D eigenvalue weighted by molar-refractivity contribution is -0.138. The maximum Gasteiger partial charge on any atom is 0.417 e. The molecule has 2 aromatic rings. The van der Waals surface area contributed by atoms with E-state index in [9.17, 15) is 18.0 Å². The molecule has 1 amide bonds. The molecule has 7 heteroatoms. The van der Waals surface area contributed by atoms with Crippen molar-refractivity contribution in [3.63, 3.8) is 0 Å². The Morgan fingerprint density at radius 3 is 2.57 bits per heavy atom. The van der Waals surface area contributed by atoms with Gasteiger partial charge in [0.25, 0.3) is 5.91 Å². The van der Waals surface area contributed by atoms with E-state index >= 15 is 0 Å². The van der Waals surface area contributed by atoms with Crippen molar-refractivity contribution in [1.29, 1.82) is 0 Å². The van der Waals surface area contributed by atoms with Crippen molar-refractivity contribution >= 4 is 27.5 Å². The van der Waals surface area contributed by atoms with Crippen LogP contribution in [0.3, 0.4) is 0 Å². The fraction of sp³-hybridized carbons (Fsp3) is 0.143. The number of benzene rings is 1. The molecule has 0 atom stereocenters. The number of halogens is 4. The zero-order chi connectivity index (χ0) is 15.6. The molecule has 3 nitrogen and oxygen atoms in total. The van der Waals surface area contributed by atoms with E-state index in [0.717, 1.165) is 11.6 Å². The lowest BCUT2D eigenvalue weighted by atomic mass is 10.1. The summed E-state index contributed by atoms with van der Waals surface area (Å²) in [6.07, 6.45) is -1.49. The Morgan fingerprint density at radius 2 is 1.95 bits per heavy atom. The van der Waals surface area contributed by atoms with E-state index < -0.39 is 17.6 Å². The molecular weight excluding hydrogens is 349 g/mol. The number of alkyl halides is 3. The third kappa shape index (κ3) is 3.81. The summed E-state index contributed by atoms with van der Waals surface area (Å²) in [6.45, 7) is 1.80. The number of amides is 1. The highest BCUT2D eigenvalue weighted by molar-refractivity contribution is 9.10. The molecule has 0 unspecified atom stereocenters. The Morgan fingerprint density at radius 1 is 1.24 bits per heavy atom. The first-order valence-electron chi connectivity index (χ1n) is 5.87. The second-order valence-electron chi connectivity index (χ2n) is 4.40. The zero-order valence-corrected chi connectivity index (χ0v) is 12.4. The molecule has 1 heterocycles. The van der Waals surface area contributed by atoms with Crippen molar-refractivity contribution in [3.8, 4) is 0 Å². The quantitative estimate of drug-likeness (QED) is 0.862. The fourth-order valence-corrected chi connectivity index (χ4v) is 2.18. The number of nitrogens with zero attached hydrogens (tertiary/aromatic N) is 1. The van der Waals surface area contributed by atoms with E-state index in [-0.39, 0.29) is 10.0 Å². The summed E-state index contributed by atoms with van der Waals surface area (Å²) in [6, 6.07) is 5.00. The van der Waals surface area contributed by atoms with E-state index in [1.54, 1.807) is 19.2 Å². The Bertz CT molecular complexity index is 686. The summed E-state index contributed by atoms with van der Waals surface area (Å²) in [5.74, 6) is -0.625. The molecule has 1 aromatic carbocycles. The number of carbonyl (C=O) groups excluding carboxylic acids is 1. The highest BCUT2D eigenvalue weighted by atomic mass is 79.9. The first kappa shape index (κ1) is 15.5. The van der Waals surface area contributed by atoms with Gasteiger partial charge < -0.3 is 5.32 Å². The molecule has 0 aliphatic heterocycles. The molecule has 1 aromatic heterocycles. The lowest BCUT2D eigenvalue weighted by Crippen LogP contribution is -2.14. The maximum atomic E-state index is 12.8. The van der Waals surface area contributed by atoms with Gasteiger partial charge in [0.05, 0.1) is 17.4 Å². The van der Waals surface area contributed by atoms with Gasteiger partial charge in [0.1, 0.15) is 0 Å². The van der Waals surface area contributed by atoms with Crippen molar-refractivity contribution in [2.45, 2.75) is 13.1 Å². The Hall–Kier alpha value is -1.89. The molecule has 0 saturated carbocycles. The number of carbonyl (C=O) groups is 1. The number of pyridine rings is 1. The minimum absolute atomic E-state index is 0.0768. The van der Waals surface area contributed by atoms with E-state index in [1.807, 2.05) is 0 Å². The van der Waals surface area contributed by atoms with Crippen LogP contribution in [0.4, 0.5) is 18.9 Å². The maximum absolute atomic E-state index is 12.8. The predicted molar refractivity (Wildman–Crippen MR) is 76.1 cm³/mol. The predicted octanol–water partition coefficient (Wildman–Crippen LogP) is 4.42. The van der Waals surface area contributed by atoms with Crippen molar-refractivity contribution < 1.29 is 18.0 Å². The van der Waals surface area contributed by atoms with Crippen LogP contribution in [0.25, 0.3) is 0 Å². The Labute approximate surface area is 127 Å². The molecule has 21 heavy (non-hydrogen) atoms. The first-order chi connectivity index (χ1) is 9.77. The summed E-state index contributed by atoms with van der Waals surface area (Å²) >= 11 is 2.83. The molecule has 0 aliphatic carbocycles. The van der Waals surface area contributed by atoms with Crippen LogP contribution in [-0.4, -0.2) is 10.9 Å². The van der Waals surface area contributed by atoms with Gasteiger partial charge >= 0.3 is 6.18 Å². The van der Waals surface area contributed by atoms with Gasteiger partial charge in [-0.05, 0) is 36.8 Å². The van der Waals surface area contributed by atoms with E-state index in [4.69, 9.17) is 0 Å². The molecular formula is C14H10BrF3N2O. The van der Waals surface area contributed by atoms with E-state index in [0.29, 0.717) is 5.69 Å². The van der Waals surface area contributed by atoms with Gasteiger partial charge in [0.15, 0.2) is 0 Å². The van der Waals surface area contributed by atoms with Crippen molar-refractivity contribution in [2.75, 3.05) is 5.32 Å². The van der Waals surface area contributed by atoms with Gasteiger partial charge in [-0.25, -0.2) is 0 Å². The van der Waals surface area contributed by atoms with Gasteiger partial charge in [-0.2, -0.15) is 13.2 Å². The third-order valence-corrected chi connectivity index (χ3v) is 3.36. The Balaban J connectivity index is 2.28. The van der Waals surface area contributed by atoms with Crippen LogP contribution in [-0.2, 0) is 6.18 Å². The summed E-state index contributed by atoms with van der Waals surface area (Å²) < 4.78 is 38.3. The minimum Gasteiger partial charge on any atom is -0.321 e. The van der Waals surface area contributed by atoms with Gasteiger partial charge in [0.2, 0.25) is 0 Å². The highest BCUT2D eigenvalue weighted by Crippen LogP contribution is 2.35. The number of hydrogen-bond acceptors (Lipinski definition) is 2. The smallest absolute Gasteiger partial charge is 0.321 e. The van der Waals surface area contributed by atoms with Gasteiger partial charge in [-0.3, -0.25) is 9.78 Å². The van der Waals surface area contributed by atoms with Crippen LogP contribution in [0, 0.1) is 6.92 Å². The number of nitrogens with one attached hydrogen (secondary N) is 1. The molecule has 0 aliphatic rings. The van der Waals surface area contributed by atoms with Gasteiger partial charge in [-0.1, -0.05) is 15.9 Å². The van der Waals surface area contributed by atoms with Crippen molar-refractivity contribution in [3.05, 3.63) is 57.8 Å². The third-order valence-electron chi connectivity index (χ3n) is 2.67. The first-order valence-corrected chi connectivity index (χ1v) is 6.66. The van der Waals surface area contributed by atoms with E-state index in [2.05, 4.69) is 26.2 Å². The summed E-state index contributed by atoms with van der Waals surface area (Å²) in [5.41, 5.74) is 0.292. The molecule has 0 bridgehead atoms. The van der Waals surface area contributed by atoms with Crippen molar-refractivity contribution in [1.82, 2.24) is 4.98 Å². The van der Waals surface area contributed by atoms with Crippen LogP contribution in [0.1, 0.15) is 21.5 Å². The number of anilines is 1. The molecule has 2 rings (SSSR count). The SMILES string of the molecule is Cc1cncc(NC(=O)c2ccc(Br)c(C(F)(F)F)c2)c1. The monoisotopic (exact) mass is 358 g/mol. The van der Waals surface area contributed by atoms with Crippen LogP contribution >= 0.6 is 15.9 Å².